The number of hydrogen-bond donors (Lipinski definition) is 0. The fourth-order valence-electron chi connectivity index (χ4n) is 20.1. The molecule has 23 aromatic rings. The largest absolute Gasteiger partial charge is 0.456 e. The smallest absolute Gasteiger partial charge is 0.182 e. The normalized spacial score (nSPS) is 13.5. The van der Waals surface area contributed by atoms with Crippen LogP contribution in [0.1, 0.15) is 74.9 Å². The number of benzene rings is 15. The van der Waals surface area contributed by atoms with Gasteiger partial charge in [-0.05, 0) is 123 Å². The van der Waals surface area contributed by atoms with Crippen LogP contribution in [-0.4, -0.2) is 49.8 Å². The summed E-state index contributed by atoms with van der Waals surface area (Å²) in [5.74, 6) is 5.70. The van der Waals surface area contributed by atoms with Crippen molar-refractivity contribution in [3.63, 3.8) is 0 Å². The Hall–Kier alpha value is -16.3. The molecule has 15 aromatic carbocycles. The lowest BCUT2D eigenvalue weighted by Crippen LogP contribution is -2.17. The Morgan fingerprint density at radius 3 is 0.811 bits per heavy atom. The molecule has 8 heterocycles. The van der Waals surface area contributed by atoms with E-state index in [-0.39, 0.29) is 16.2 Å². The summed E-state index contributed by atoms with van der Waals surface area (Å²) in [7, 11) is 0. The van der Waals surface area contributed by atoms with Crippen molar-refractivity contribution >= 4 is 87.8 Å². The quantitative estimate of drug-likeness (QED) is 0.133. The van der Waals surface area contributed by atoms with E-state index in [1.165, 1.54) is 66.8 Å². The lowest BCUT2D eigenvalue weighted by molar-refractivity contribution is 0.620. The maximum Gasteiger partial charge on any atom is 0.182 e. The van der Waals surface area contributed by atoms with E-state index in [0.717, 1.165) is 132 Å². The number of aromatic nitrogens is 10. The minimum Gasteiger partial charge on any atom is -0.456 e. The molecule has 0 spiro atoms. The van der Waals surface area contributed by atoms with Crippen molar-refractivity contribution in [2.75, 3.05) is 0 Å². The van der Waals surface area contributed by atoms with Crippen molar-refractivity contribution in [2.45, 2.75) is 57.8 Å². The lowest BCUT2D eigenvalue weighted by atomic mass is 9.79. The highest BCUT2D eigenvalue weighted by Crippen LogP contribution is 2.59. The molecule has 0 saturated carbocycles. The fourth-order valence-corrected chi connectivity index (χ4v) is 20.1. The van der Waals surface area contributed by atoms with Crippen LogP contribution in [0.5, 0.6) is 0 Å². The second-order valence-electron chi connectivity index (χ2n) is 34.4. The Labute approximate surface area is 729 Å². The van der Waals surface area contributed by atoms with E-state index in [2.05, 4.69) is 186 Å². The van der Waals surface area contributed by atoms with Gasteiger partial charge in [-0.1, -0.05) is 315 Å². The minimum atomic E-state index is -0.372. The molecule has 14 nitrogen and oxygen atoms in total. The van der Waals surface area contributed by atoms with E-state index in [1.54, 1.807) is 6.20 Å². The molecule has 0 atom stereocenters. The van der Waals surface area contributed by atoms with Gasteiger partial charge in [-0.15, -0.1) is 0 Å². The standard InChI is InChI=1S/C42H27N3O2.C36H25N3O.C35H24N4O/c1-42(2)36-28(29-20-21-30-26-13-6-9-18-34(26)47-38(30)37(29)42)15-10-16-31(36)41-44-39(24-11-4-3-5-12-24)43-40(45-41)25-19-22-35-32(23-25)27-14-7-8-17-33(27)46-35;1-36(2)30-25(26-20-21-27-24-16-9-10-19-29(24)40-32(27)31(26)36)17-11-18-28(30)35-38-33(22-12-5-3-6-13-22)37-34(39-35)23-14-7-4-8-15-23;1-35(2)29-23(24-18-19-25-22-13-6-7-17-28(22)40-31(25)30(24)35)14-10-15-26(29)33-37-32(21-11-4-3-5-12-21)38-34(39-33)27-16-8-9-20-36-27/h3-23H,1-2H3;3-21H,1-2H3;3-20H,1-2H3. The van der Waals surface area contributed by atoms with Crippen LogP contribution in [0.4, 0.5) is 0 Å². The maximum absolute atomic E-state index is 6.57. The zero-order valence-electron chi connectivity index (χ0n) is 70.1. The molecule has 8 aromatic heterocycles. The molecule has 602 valence electrons. The van der Waals surface area contributed by atoms with E-state index in [1.807, 2.05) is 206 Å². The third kappa shape index (κ3) is 12.0. The van der Waals surface area contributed by atoms with Gasteiger partial charge in [0.1, 0.15) is 50.4 Å². The molecule has 0 radical (unpaired) electrons. The van der Waals surface area contributed by atoms with Crippen molar-refractivity contribution in [2.24, 2.45) is 0 Å². The second kappa shape index (κ2) is 28.9. The van der Waals surface area contributed by atoms with Crippen LogP contribution in [0.2, 0.25) is 0 Å². The summed E-state index contributed by atoms with van der Waals surface area (Å²) in [5, 5.41) is 8.94. The number of furan rings is 4. The zero-order chi connectivity index (χ0) is 85.0. The zero-order valence-corrected chi connectivity index (χ0v) is 70.1. The molecular weight excluding hydrogens is 1560 g/mol. The van der Waals surface area contributed by atoms with Crippen molar-refractivity contribution < 1.29 is 17.7 Å². The van der Waals surface area contributed by atoms with Gasteiger partial charge in [0, 0.05) is 127 Å². The SMILES string of the molecule is CC1(C)c2c(-c3nc(-c4ccccc4)nc(-c4ccc5oc6ccccc6c5c4)n3)cccc2-c2ccc3c(oc4ccccc43)c21.CC1(C)c2c(-c3nc(-c4ccccc4)nc(-c4ccccc4)n3)cccc2-c2ccc3c(oc4ccccc43)c21.CC1(C)c2c(-c3nc(-c4ccccc4)nc(-c4ccccn4)n3)cccc2-c2ccc3c(oc4ccccc43)c21. The Balaban J connectivity index is 0.000000107. The molecule has 0 fully saturated rings. The third-order valence-electron chi connectivity index (χ3n) is 25.7. The Kier molecular flexibility index (Phi) is 17.0. The predicted molar refractivity (Wildman–Crippen MR) is 508 cm³/mol. The first-order valence-corrected chi connectivity index (χ1v) is 42.8. The Morgan fingerprint density at radius 1 is 0.181 bits per heavy atom. The molecular formula is C113H76N10O4. The number of nitrogens with zero attached hydrogens (tertiary/aromatic N) is 10. The van der Waals surface area contributed by atoms with Gasteiger partial charge in [-0.3, -0.25) is 4.98 Å². The summed E-state index contributed by atoms with van der Waals surface area (Å²) in [5.41, 5.74) is 28.9. The van der Waals surface area contributed by atoms with Gasteiger partial charge in [0.15, 0.2) is 52.4 Å². The van der Waals surface area contributed by atoms with Gasteiger partial charge in [-0.2, -0.15) is 0 Å². The fraction of sp³-hybridized carbons (Fsp3) is 0.0796. The van der Waals surface area contributed by atoms with E-state index in [9.17, 15) is 0 Å². The van der Waals surface area contributed by atoms with E-state index >= 15 is 0 Å². The first kappa shape index (κ1) is 74.5. The number of rotatable bonds is 9. The highest BCUT2D eigenvalue weighted by Gasteiger charge is 2.45. The number of para-hydroxylation sites is 4. The van der Waals surface area contributed by atoms with Crippen LogP contribution >= 0.6 is 0 Å². The maximum atomic E-state index is 6.57. The Morgan fingerprint density at radius 2 is 0.457 bits per heavy atom. The van der Waals surface area contributed by atoms with Crippen LogP contribution in [0, 0.1) is 0 Å². The molecule has 0 amide bonds. The van der Waals surface area contributed by atoms with Gasteiger partial charge in [0.25, 0.3) is 0 Å². The molecule has 0 unspecified atom stereocenters. The average Bonchev–Trinajstić information content (AvgIpc) is 1.55. The minimum absolute atomic E-state index is 0.332. The van der Waals surface area contributed by atoms with Crippen molar-refractivity contribution in [3.8, 4) is 136 Å². The van der Waals surface area contributed by atoms with Gasteiger partial charge in [-0.25, -0.2) is 44.9 Å². The van der Waals surface area contributed by atoms with Gasteiger partial charge >= 0.3 is 0 Å². The third-order valence-corrected chi connectivity index (χ3v) is 25.7. The molecule has 0 aliphatic heterocycles. The monoisotopic (exact) mass is 1640 g/mol. The van der Waals surface area contributed by atoms with Crippen LogP contribution in [0.15, 0.2) is 370 Å². The van der Waals surface area contributed by atoms with Crippen LogP contribution in [0.25, 0.3) is 224 Å². The van der Waals surface area contributed by atoms with Crippen LogP contribution < -0.4 is 0 Å². The van der Waals surface area contributed by atoms with Gasteiger partial charge in [0.2, 0.25) is 0 Å². The van der Waals surface area contributed by atoms with E-state index in [4.69, 9.17) is 62.5 Å². The molecule has 0 bridgehead atoms. The average molecular weight is 1640 g/mol. The topological polar surface area (TPSA) is 181 Å². The van der Waals surface area contributed by atoms with Crippen LogP contribution in [-0.2, 0) is 16.2 Å². The Bertz CT molecular complexity index is 8010. The first-order valence-electron chi connectivity index (χ1n) is 42.8. The van der Waals surface area contributed by atoms with Gasteiger partial charge < -0.3 is 17.7 Å². The molecule has 3 aliphatic rings. The molecule has 0 saturated heterocycles. The highest BCUT2D eigenvalue weighted by molar-refractivity contribution is 6.13. The highest BCUT2D eigenvalue weighted by atomic mass is 16.3. The second-order valence-corrected chi connectivity index (χ2v) is 34.4. The van der Waals surface area contributed by atoms with E-state index < -0.39 is 0 Å². The predicted octanol–water partition coefficient (Wildman–Crippen LogP) is 28.5. The van der Waals surface area contributed by atoms with E-state index in [0.29, 0.717) is 58.1 Å². The molecule has 127 heavy (non-hydrogen) atoms. The van der Waals surface area contributed by atoms with Crippen molar-refractivity contribution in [3.05, 3.63) is 385 Å². The summed E-state index contributed by atoms with van der Waals surface area (Å²) in [4.78, 5) is 49.8. The summed E-state index contributed by atoms with van der Waals surface area (Å²) >= 11 is 0. The molecule has 26 rings (SSSR count). The molecule has 0 N–H and O–H groups in total. The number of hydrogen-bond acceptors (Lipinski definition) is 14. The molecule has 14 heteroatoms. The summed E-state index contributed by atoms with van der Waals surface area (Å²) in [6.07, 6.45) is 1.76. The van der Waals surface area contributed by atoms with Gasteiger partial charge in [0.05, 0.1) is 0 Å². The lowest BCUT2D eigenvalue weighted by Gasteiger charge is -2.24. The summed E-state index contributed by atoms with van der Waals surface area (Å²) in [6, 6.07) is 118. The van der Waals surface area contributed by atoms with Crippen LogP contribution in [0.3, 0.4) is 0 Å². The first-order chi connectivity index (χ1) is 62.2. The van der Waals surface area contributed by atoms with Crippen molar-refractivity contribution in [1.82, 2.24) is 49.8 Å². The summed E-state index contributed by atoms with van der Waals surface area (Å²) in [6.45, 7) is 13.7. The molecule has 3 aliphatic carbocycles. The van der Waals surface area contributed by atoms with Crippen molar-refractivity contribution in [1.29, 1.82) is 0 Å². The number of fused-ring (bicyclic) bond motifs is 24. The number of pyridine rings is 1. The summed E-state index contributed by atoms with van der Waals surface area (Å²) < 4.78 is 25.7.